The van der Waals surface area contributed by atoms with Crippen molar-refractivity contribution in [2.24, 2.45) is 17.6 Å². The number of aryl methyl sites for hydroxylation is 1. The van der Waals surface area contributed by atoms with E-state index in [-0.39, 0.29) is 11.8 Å². The van der Waals surface area contributed by atoms with Crippen LogP contribution in [0.5, 0.6) is 0 Å². The van der Waals surface area contributed by atoms with Gasteiger partial charge in [-0.3, -0.25) is 4.79 Å². The highest BCUT2D eigenvalue weighted by Crippen LogP contribution is 2.26. The third-order valence-electron chi connectivity index (χ3n) is 2.88. The molecule has 1 aromatic carbocycles. The molecule has 0 aliphatic rings. The molecule has 0 aromatic heterocycles. The number of halogens is 1. The molecule has 0 spiro atoms. The van der Waals surface area contributed by atoms with Gasteiger partial charge < -0.3 is 11.1 Å². The molecular formula is C14H21ClN2O. The molecule has 0 aliphatic carbocycles. The standard InChI is InChI=1S/C14H21ClN2O/c1-9(2)7-11(8-16)14(18)17-13-10(3)5-4-6-12(13)15/h4-6,9,11H,7-8,16H2,1-3H3,(H,17,18). The van der Waals surface area contributed by atoms with Crippen LogP contribution in [0.3, 0.4) is 0 Å². The first-order valence-corrected chi connectivity index (χ1v) is 6.59. The monoisotopic (exact) mass is 268 g/mol. The Morgan fingerprint density at radius 1 is 1.44 bits per heavy atom. The zero-order valence-electron chi connectivity index (χ0n) is 11.2. The molecule has 0 saturated carbocycles. The number of amides is 1. The minimum absolute atomic E-state index is 0.0533. The van der Waals surface area contributed by atoms with Gasteiger partial charge in [0.25, 0.3) is 0 Å². The van der Waals surface area contributed by atoms with E-state index in [0.29, 0.717) is 23.2 Å². The van der Waals surface area contributed by atoms with E-state index in [0.717, 1.165) is 12.0 Å². The second kappa shape index (κ2) is 6.76. The van der Waals surface area contributed by atoms with Gasteiger partial charge in [-0.2, -0.15) is 0 Å². The lowest BCUT2D eigenvalue weighted by molar-refractivity contribution is -0.120. The number of nitrogens with one attached hydrogen (secondary N) is 1. The first-order valence-electron chi connectivity index (χ1n) is 6.21. The average molecular weight is 269 g/mol. The Bertz CT molecular complexity index is 398. The Morgan fingerprint density at radius 3 is 2.61 bits per heavy atom. The van der Waals surface area contributed by atoms with Crippen LogP contribution in [0.4, 0.5) is 5.69 Å². The van der Waals surface area contributed by atoms with Gasteiger partial charge in [0.05, 0.1) is 16.6 Å². The zero-order valence-corrected chi connectivity index (χ0v) is 11.9. The van der Waals surface area contributed by atoms with Gasteiger partial charge in [0.15, 0.2) is 0 Å². The number of rotatable bonds is 5. The van der Waals surface area contributed by atoms with E-state index in [2.05, 4.69) is 19.2 Å². The molecule has 1 rings (SSSR count). The van der Waals surface area contributed by atoms with Gasteiger partial charge in [0.2, 0.25) is 5.91 Å². The van der Waals surface area contributed by atoms with Crippen LogP contribution in [-0.4, -0.2) is 12.5 Å². The SMILES string of the molecule is Cc1cccc(Cl)c1NC(=O)C(CN)CC(C)C. The summed E-state index contributed by atoms with van der Waals surface area (Å²) in [6.45, 7) is 6.43. The minimum Gasteiger partial charge on any atom is -0.330 e. The molecule has 0 radical (unpaired) electrons. The van der Waals surface area contributed by atoms with Gasteiger partial charge in [-0.15, -0.1) is 0 Å². The largest absolute Gasteiger partial charge is 0.330 e. The lowest BCUT2D eigenvalue weighted by Gasteiger charge is -2.18. The summed E-state index contributed by atoms with van der Waals surface area (Å²) in [6, 6.07) is 5.55. The third kappa shape index (κ3) is 4.00. The molecular weight excluding hydrogens is 248 g/mol. The van der Waals surface area contributed by atoms with Gasteiger partial charge in [0, 0.05) is 6.54 Å². The van der Waals surface area contributed by atoms with Crippen LogP contribution in [0.15, 0.2) is 18.2 Å². The summed E-state index contributed by atoms with van der Waals surface area (Å²) in [6.07, 6.45) is 0.784. The second-order valence-corrected chi connectivity index (χ2v) is 5.39. The van der Waals surface area contributed by atoms with E-state index in [9.17, 15) is 4.79 Å². The highest BCUT2D eigenvalue weighted by molar-refractivity contribution is 6.33. The zero-order chi connectivity index (χ0) is 13.7. The number of anilines is 1. The average Bonchev–Trinajstić information content (AvgIpc) is 2.30. The Balaban J connectivity index is 2.80. The van der Waals surface area contributed by atoms with Crippen molar-refractivity contribution >= 4 is 23.2 Å². The Hall–Kier alpha value is -1.06. The molecule has 100 valence electrons. The molecule has 0 bridgehead atoms. The summed E-state index contributed by atoms with van der Waals surface area (Å²) in [5.41, 5.74) is 7.30. The number of benzene rings is 1. The molecule has 1 unspecified atom stereocenters. The molecule has 1 amide bonds. The summed E-state index contributed by atoms with van der Waals surface area (Å²) >= 11 is 6.08. The smallest absolute Gasteiger partial charge is 0.228 e. The molecule has 3 nitrogen and oxygen atoms in total. The first-order chi connectivity index (χ1) is 8.45. The molecule has 0 heterocycles. The topological polar surface area (TPSA) is 55.1 Å². The van der Waals surface area contributed by atoms with Gasteiger partial charge >= 0.3 is 0 Å². The summed E-state index contributed by atoms with van der Waals surface area (Å²) in [5.74, 6) is 0.222. The second-order valence-electron chi connectivity index (χ2n) is 4.98. The Kier molecular flexibility index (Phi) is 5.63. The van der Waals surface area contributed by atoms with E-state index in [4.69, 9.17) is 17.3 Å². The van der Waals surface area contributed by atoms with Gasteiger partial charge in [-0.25, -0.2) is 0 Å². The summed E-state index contributed by atoms with van der Waals surface area (Å²) < 4.78 is 0. The van der Waals surface area contributed by atoms with Crippen LogP contribution in [0.2, 0.25) is 5.02 Å². The van der Waals surface area contributed by atoms with Crippen LogP contribution in [0.1, 0.15) is 25.8 Å². The van der Waals surface area contributed by atoms with Crippen LogP contribution in [-0.2, 0) is 4.79 Å². The fourth-order valence-electron chi connectivity index (χ4n) is 1.89. The van der Waals surface area contributed by atoms with E-state index in [1.54, 1.807) is 6.07 Å². The molecule has 0 aliphatic heterocycles. The summed E-state index contributed by atoms with van der Waals surface area (Å²) in [7, 11) is 0. The van der Waals surface area contributed by atoms with Crippen molar-refractivity contribution in [2.75, 3.05) is 11.9 Å². The van der Waals surface area contributed by atoms with Crippen molar-refractivity contribution in [1.82, 2.24) is 0 Å². The van der Waals surface area contributed by atoms with Crippen molar-refractivity contribution in [1.29, 1.82) is 0 Å². The summed E-state index contributed by atoms with van der Waals surface area (Å²) in [4.78, 5) is 12.1. The van der Waals surface area contributed by atoms with Crippen molar-refractivity contribution in [3.05, 3.63) is 28.8 Å². The number of carbonyl (C=O) groups is 1. The third-order valence-corrected chi connectivity index (χ3v) is 3.20. The number of carbonyl (C=O) groups excluding carboxylic acids is 1. The molecule has 1 aromatic rings. The molecule has 0 fully saturated rings. The first kappa shape index (κ1) is 15.0. The van der Waals surface area contributed by atoms with Crippen LogP contribution >= 0.6 is 11.6 Å². The maximum absolute atomic E-state index is 12.1. The number of para-hydroxylation sites is 1. The lowest BCUT2D eigenvalue weighted by atomic mass is 9.96. The summed E-state index contributed by atoms with van der Waals surface area (Å²) in [5, 5.41) is 3.44. The van der Waals surface area contributed by atoms with E-state index in [1.165, 1.54) is 0 Å². The van der Waals surface area contributed by atoms with E-state index in [1.807, 2.05) is 19.1 Å². The number of hydrogen-bond acceptors (Lipinski definition) is 2. The number of nitrogens with two attached hydrogens (primary N) is 1. The Labute approximate surface area is 114 Å². The molecule has 4 heteroatoms. The normalized spacial score (nSPS) is 12.6. The van der Waals surface area contributed by atoms with Gasteiger partial charge in [-0.05, 0) is 30.9 Å². The molecule has 0 saturated heterocycles. The highest BCUT2D eigenvalue weighted by atomic mass is 35.5. The fraction of sp³-hybridized carbons (Fsp3) is 0.500. The van der Waals surface area contributed by atoms with Crippen molar-refractivity contribution in [3.8, 4) is 0 Å². The maximum Gasteiger partial charge on any atom is 0.228 e. The molecule has 1 atom stereocenters. The quantitative estimate of drug-likeness (QED) is 0.862. The predicted octanol–water partition coefficient (Wildman–Crippen LogP) is 3.21. The predicted molar refractivity (Wildman–Crippen MR) is 76.8 cm³/mol. The molecule has 18 heavy (non-hydrogen) atoms. The van der Waals surface area contributed by atoms with E-state index >= 15 is 0 Å². The van der Waals surface area contributed by atoms with Gasteiger partial charge in [0.1, 0.15) is 0 Å². The van der Waals surface area contributed by atoms with Gasteiger partial charge in [-0.1, -0.05) is 37.6 Å². The Morgan fingerprint density at radius 2 is 2.11 bits per heavy atom. The minimum atomic E-state index is -0.166. The maximum atomic E-state index is 12.1. The number of hydrogen-bond donors (Lipinski definition) is 2. The fourth-order valence-corrected chi connectivity index (χ4v) is 2.16. The lowest BCUT2D eigenvalue weighted by Crippen LogP contribution is -2.30. The van der Waals surface area contributed by atoms with Crippen molar-refractivity contribution < 1.29 is 4.79 Å². The highest BCUT2D eigenvalue weighted by Gasteiger charge is 2.19. The molecule has 3 N–H and O–H groups in total. The van der Waals surface area contributed by atoms with Crippen LogP contribution in [0.25, 0.3) is 0 Å². The van der Waals surface area contributed by atoms with E-state index < -0.39 is 0 Å². The van der Waals surface area contributed by atoms with Crippen LogP contribution < -0.4 is 11.1 Å². The van der Waals surface area contributed by atoms with Crippen LogP contribution in [0, 0.1) is 18.8 Å². The van der Waals surface area contributed by atoms with Crippen molar-refractivity contribution in [2.45, 2.75) is 27.2 Å². The van der Waals surface area contributed by atoms with Crippen molar-refractivity contribution in [3.63, 3.8) is 0 Å².